The molecule has 1 aliphatic carbocycles. The summed E-state index contributed by atoms with van der Waals surface area (Å²) in [7, 11) is -4.23. The van der Waals surface area contributed by atoms with Crippen molar-refractivity contribution in [3.05, 3.63) is 88.8 Å². The molecule has 5 rings (SSSR count). The van der Waals surface area contributed by atoms with Gasteiger partial charge < -0.3 is 5.32 Å². The summed E-state index contributed by atoms with van der Waals surface area (Å²) in [6, 6.07) is 10.2. The molecule has 2 N–H and O–H groups in total. The summed E-state index contributed by atoms with van der Waals surface area (Å²) in [6.07, 6.45) is 0.220. The van der Waals surface area contributed by atoms with Crippen molar-refractivity contribution >= 4 is 45.1 Å². The lowest BCUT2D eigenvalue weighted by Crippen LogP contribution is -2.56. The van der Waals surface area contributed by atoms with E-state index in [-0.39, 0.29) is 28.6 Å². The van der Waals surface area contributed by atoms with Crippen molar-refractivity contribution in [3.63, 3.8) is 0 Å². The molecule has 2 atom stereocenters. The minimum Gasteiger partial charge on any atom is -0.351 e. The molecule has 3 aromatic rings. The summed E-state index contributed by atoms with van der Waals surface area (Å²) in [5.41, 5.74) is 0.732. The number of hydrogen-bond acceptors (Lipinski definition) is 5. The molecule has 0 radical (unpaired) electrons. The molecule has 9 nitrogen and oxygen atoms in total. The smallest absolute Gasteiger partial charge is 0.303 e. The van der Waals surface area contributed by atoms with Crippen LogP contribution in [0.15, 0.2) is 66.9 Å². The van der Waals surface area contributed by atoms with Crippen molar-refractivity contribution in [1.29, 1.82) is 0 Å². The second-order valence-corrected chi connectivity index (χ2v) is 12.0. The topological polar surface area (TPSA) is 112 Å². The summed E-state index contributed by atoms with van der Waals surface area (Å²) in [6.45, 7) is 1.34. The number of nitrogens with one attached hydrogen (secondary N) is 2. The summed E-state index contributed by atoms with van der Waals surface area (Å²) >= 11 is 6.47. The molecular weight excluding hydrogens is 583 g/mol. The summed E-state index contributed by atoms with van der Waals surface area (Å²) in [4.78, 5) is 33.3. The zero-order valence-electron chi connectivity index (χ0n) is 21.6. The third kappa shape index (κ3) is 5.88. The zero-order chi connectivity index (χ0) is 29.5. The molecule has 1 saturated carbocycles. The standard InChI is InChI=1S/C27H25ClF3N5O4S/c1-16-9-10-32-23(11-16)36-22(15-33-41(36,39)40)26(38)35(19-6-4-5-17(29)12-19)24(20-7-2-3-8-21(20)28)25(37)34-18-13-27(30,31)14-18/h2-12,18,22,24,33H,13-15H2,1H3,(H,34,37)/t22-,24?/m0/s1. The minimum atomic E-state index is -4.23. The van der Waals surface area contributed by atoms with Gasteiger partial charge in [-0.15, -0.1) is 0 Å². The van der Waals surface area contributed by atoms with Crippen LogP contribution in [0.5, 0.6) is 0 Å². The number of hydrogen-bond donors (Lipinski definition) is 2. The van der Waals surface area contributed by atoms with Crippen LogP contribution in [0.1, 0.15) is 30.0 Å². The van der Waals surface area contributed by atoms with E-state index in [1.165, 1.54) is 36.5 Å². The average molecular weight is 608 g/mol. The molecule has 2 amide bonds. The lowest BCUT2D eigenvalue weighted by Gasteiger charge is -2.39. The fraction of sp³-hybridized carbons (Fsp3) is 0.296. The van der Waals surface area contributed by atoms with E-state index in [9.17, 15) is 31.2 Å². The average Bonchev–Trinajstić information content (AvgIpc) is 3.21. The number of halogens is 4. The van der Waals surface area contributed by atoms with Gasteiger partial charge in [-0.1, -0.05) is 35.9 Å². The monoisotopic (exact) mass is 607 g/mol. The van der Waals surface area contributed by atoms with E-state index in [1.54, 1.807) is 25.1 Å². The molecule has 2 fully saturated rings. The van der Waals surface area contributed by atoms with E-state index in [4.69, 9.17) is 11.6 Å². The van der Waals surface area contributed by atoms with Gasteiger partial charge in [-0.05, 0) is 48.9 Å². The Morgan fingerprint density at radius 3 is 2.54 bits per heavy atom. The minimum absolute atomic E-state index is 0.0389. The van der Waals surface area contributed by atoms with E-state index < -0.39 is 64.7 Å². The summed E-state index contributed by atoms with van der Waals surface area (Å²) in [5, 5.41) is 2.63. The van der Waals surface area contributed by atoms with Gasteiger partial charge in [0.05, 0.1) is 0 Å². The summed E-state index contributed by atoms with van der Waals surface area (Å²) in [5.74, 6) is -5.44. The van der Waals surface area contributed by atoms with Crippen molar-refractivity contribution in [3.8, 4) is 0 Å². The molecule has 216 valence electrons. The van der Waals surface area contributed by atoms with Crippen LogP contribution in [0.4, 0.5) is 24.7 Å². The molecule has 14 heteroatoms. The third-order valence-electron chi connectivity index (χ3n) is 6.88. The predicted molar refractivity (Wildman–Crippen MR) is 146 cm³/mol. The molecule has 2 aromatic carbocycles. The van der Waals surface area contributed by atoms with Gasteiger partial charge in [0.2, 0.25) is 5.91 Å². The molecule has 1 unspecified atom stereocenters. The van der Waals surface area contributed by atoms with Crippen molar-refractivity contribution in [2.45, 2.75) is 43.8 Å². The maximum absolute atomic E-state index is 14.5. The van der Waals surface area contributed by atoms with Crippen LogP contribution in [0.3, 0.4) is 0 Å². The van der Waals surface area contributed by atoms with Crippen molar-refractivity contribution < 1.29 is 31.2 Å². The van der Waals surface area contributed by atoms with Gasteiger partial charge in [-0.2, -0.15) is 13.1 Å². The van der Waals surface area contributed by atoms with Crippen molar-refractivity contribution in [2.75, 3.05) is 15.7 Å². The van der Waals surface area contributed by atoms with Crippen LogP contribution >= 0.6 is 11.6 Å². The molecular formula is C27H25ClF3N5O4S. The second-order valence-electron chi connectivity index (χ2n) is 9.94. The molecule has 1 aromatic heterocycles. The fourth-order valence-corrected chi connectivity index (χ4v) is 6.54. The molecule has 1 aliphatic heterocycles. The van der Waals surface area contributed by atoms with Crippen molar-refractivity contribution in [1.82, 2.24) is 15.0 Å². The number of pyridine rings is 1. The van der Waals surface area contributed by atoms with Gasteiger partial charge in [0.25, 0.3) is 11.8 Å². The van der Waals surface area contributed by atoms with Crippen molar-refractivity contribution in [2.24, 2.45) is 0 Å². The Morgan fingerprint density at radius 1 is 1.15 bits per heavy atom. The van der Waals surface area contributed by atoms with Crippen LogP contribution in [0.25, 0.3) is 0 Å². The maximum atomic E-state index is 14.5. The number of rotatable bonds is 7. The highest BCUT2D eigenvalue weighted by atomic mass is 35.5. The van der Waals surface area contributed by atoms with Crippen LogP contribution in [-0.4, -0.2) is 49.8 Å². The Kier molecular flexibility index (Phi) is 7.70. The first-order valence-corrected chi connectivity index (χ1v) is 14.4. The first-order valence-electron chi connectivity index (χ1n) is 12.6. The second kappa shape index (κ2) is 11.0. The van der Waals surface area contributed by atoms with Gasteiger partial charge >= 0.3 is 10.2 Å². The zero-order valence-corrected chi connectivity index (χ0v) is 23.2. The first kappa shape index (κ1) is 28.8. The number of amides is 2. The Labute approximate surface area is 239 Å². The van der Waals surface area contributed by atoms with E-state index in [0.29, 0.717) is 5.56 Å². The normalized spacial score (nSPS) is 20.2. The SMILES string of the molecule is Cc1ccnc(N2[C@H](C(=O)N(c3cccc(F)c3)C(C(=O)NC3CC(F)(F)C3)c3ccccc3Cl)CNS2(=O)=O)c1. The highest BCUT2D eigenvalue weighted by molar-refractivity contribution is 7.91. The number of carbonyl (C=O) groups excluding carboxylic acids is 2. The molecule has 0 bridgehead atoms. The van der Waals surface area contributed by atoms with Crippen LogP contribution < -0.4 is 19.2 Å². The lowest BCUT2D eigenvalue weighted by atomic mass is 9.87. The third-order valence-corrected chi connectivity index (χ3v) is 8.71. The number of anilines is 2. The lowest BCUT2D eigenvalue weighted by molar-refractivity contribution is -0.132. The van der Waals surface area contributed by atoms with Crippen LogP contribution in [-0.2, 0) is 19.8 Å². The first-order chi connectivity index (χ1) is 19.4. The van der Waals surface area contributed by atoms with Gasteiger partial charge in [0.15, 0.2) is 0 Å². The number of aromatic nitrogens is 1. The quantitative estimate of drug-likeness (QED) is 0.423. The molecule has 2 aliphatic rings. The Hall–Kier alpha value is -3.68. The molecule has 2 heterocycles. The van der Waals surface area contributed by atoms with E-state index in [2.05, 4.69) is 15.0 Å². The Balaban J connectivity index is 1.63. The van der Waals surface area contributed by atoms with E-state index in [1.807, 2.05) is 0 Å². The number of nitrogens with zero attached hydrogens (tertiary/aromatic N) is 3. The van der Waals surface area contributed by atoms with Crippen LogP contribution in [0.2, 0.25) is 5.02 Å². The van der Waals surface area contributed by atoms with Gasteiger partial charge in [-0.25, -0.2) is 22.5 Å². The number of carbonyl (C=O) groups is 2. The van der Waals surface area contributed by atoms with E-state index in [0.717, 1.165) is 21.3 Å². The highest BCUT2D eigenvalue weighted by Gasteiger charge is 2.49. The summed E-state index contributed by atoms with van der Waals surface area (Å²) < 4.78 is 70.9. The fourth-order valence-electron chi connectivity index (χ4n) is 4.94. The number of benzene rings is 2. The van der Waals surface area contributed by atoms with E-state index >= 15 is 0 Å². The largest absolute Gasteiger partial charge is 0.351 e. The molecule has 41 heavy (non-hydrogen) atoms. The number of alkyl halides is 2. The van der Waals surface area contributed by atoms with Gasteiger partial charge in [-0.3, -0.25) is 14.5 Å². The van der Waals surface area contributed by atoms with Crippen LogP contribution in [0, 0.1) is 12.7 Å². The number of aryl methyl sites for hydroxylation is 1. The molecule has 0 spiro atoms. The van der Waals surface area contributed by atoms with Gasteiger partial charge in [0.1, 0.15) is 23.7 Å². The molecule has 1 saturated heterocycles. The van der Waals surface area contributed by atoms with Gasteiger partial charge in [0, 0.05) is 47.9 Å². The highest BCUT2D eigenvalue weighted by Crippen LogP contribution is 2.39. The Morgan fingerprint density at radius 2 is 1.88 bits per heavy atom. The maximum Gasteiger partial charge on any atom is 0.303 e. The predicted octanol–water partition coefficient (Wildman–Crippen LogP) is 3.89. The Bertz CT molecular complexity index is 1600.